The standard InChI is InChI=1S/C30H29FN6O5S/c1-2-42-24-16-23(18-32-19-24)25-9-8-22(17-26(25)31)30(39)37-14-12-36(13-15-37)28-11-10-27(33-34-28)29(38)35-43(40,41)20-21-6-4-3-5-7-21/h3-11,16-19H,2,12-15,20H2,1H3,(H,35,38). The highest BCUT2D eigenvalue weighted by Crippen LogP contribution is 2.27. The number of halogens is 1. The Kier molecular flexibility index (Phi) is 8.90. The molecule has 2 aromatic carbocycles. The zero-order chi connectivity index (χ0) is 30.4. The number of amides is 2. The first-order chi connectivity index (χ1) is 20.7. The number of sulfonamides is 1. The van der Waals surface area contributed by atoms with Gasteiger partial charge in [0.25, 0.3) is 11.8 Å². The second kappa shape index (κ2) is 12.9. The van der Waals surface area contributed by atoms with Crippen molar-refractivity contribution in [3.8, 4) is 16.9 Å². The third-order valence-electron chi connectivity index (χ3n) is 6.77. The summed E-state index contributed by atoms with van der Waals surface area (Å²) in [5, 5.41) is 7.99. The van der Waals surface area contributed by atoms with Gasteiger partial charge in [-0.3, -0.25) is 14.6 Å². The van der Waals surface area contributed by atoms with Gasteiger partial charge in [-0.1, -0.05) is 36.4 Å². The van der Waals surface area contributed by atoms with Gasteiger partial charge in [-0.15, -0.1) is 10.2 Å². The maximum Gasteiger partial charge on any atom is 0.285 e. The SMILES string of the molecule is CCOc1cncc(-c2ccc(C(=O)N3CCN(c4ccc(C(=O)NS(=O)(=O)Cc5ccccc5)nn4)CC3)cc2F)c1. The summed E-state index contributed by atoms with van der Waals surface area (Å²) in [5.74, 6) is -1.03. The summed E-state index contributed by atoms with van der Waals surface area (Å²) < 4.78 is 47.2. The summed E-state index contributed by atoms with van der Waals surface area (Å²) in [4.78, 5) is 33.2. The van der Waals surface area contributed by atoms with Crippen LogP contribution in [-0.2, 0) is 15.8 Å². The Balaban J connectivity index is 1.16. The molecule has 0 spiro atoms. The van der Waals surface area contributed by atoms with Crippen molar-refractivity contribution >= 4 is 27.7 Å². The van der Waals surface area contributed by atoms with Crippen LogP contribution < -0.4 is 14.4 Å². The van der Waals surface area contributed by atoms with E-state index in [0.717, 1.165) is 0 Å². The molecule has 3 heterocycles. The summed E-state index contributed by atoms with van der Waals surface area (Å²) >= 11 is 0. The van der Waals surface area contributed by atoms with Gasteiger partial charge in [-0.2, -0.15) is 0 Å². The minimum absolute atomic E-state index is 0.139. The molecule has 0 unspecified atom stereocenters. The number of hydrogen-bond donors (Lipinski definition) is 1. The average Bonchev–Trinajstić information content (AvgIpc) is 3.01. The lowest BCUT2D eigenvalue weighted by Gasteiger charge is -2.35. The molecule has 43 heavy (non-hydrogen) atoms. The largest absolute Gasteiger partial charge is 0.492 e. The van der Waals surface area contributed by atoms with Gasteiger partial charge in [0.15, 0.2) is 11.5 Å². The van der Waals surface area contributed by atoms with Crippen molar-refractivity contribution in [1.29, 1.82) is 0 Å². The van der Waals surface area contributed by atoms with E-state index >= 15 is 4.39 Å². The Morgan fingerprint density at radius 2 is 1.72 bits per heavy atom. The van der Waals surface area contributed by atoms with Gasteiger partial charge >= 0.3 is 0 Å². The molecule has 13 heteroatoms. The number of nitrogens with zero attached hydrogens (tertiary/aromatic N) is 5. The second-order valence-corrected chi connectivity index (χ2v) is 11.5. The number of nitrogens with one attached hydrogen (secondary N) is 1. The lowest BCUT2D eigenvalue weighted by atomic mass is 10.0. The highest BCUT2D eigenvalue weighted by Gasteiger charge is 2.25. The van der Waals surface area contributed by atoms with Gasteiger partial charge in [0.2, 0.25) is 10.0 Å². The van der Waals surface area contributed by atoms with Crippen LogP contribution in [0.1, 0.15) is 33.3 Å². The van der Waals surface area contributed by atoms with Crippen LogP contribution >= 0.6 is 0 Å². The number of benzene rings is 2. The van der Waals surface area contributed by atoms with E-state index in [2.05, 4.69) is 15.2 Å². The summed E-state index contributed by atoms with van der Waals surface area (Å²) in [6.45, 7) is 3.92. The minimum atomic E-state index is -3.92. The Labute approximate surface area is 248 Å². The maximum atomic E-state index is 15.0. The average molecular weight is 605 g/mol. The van der Waals surface area contributed by atoms with Gasteiger partial charge in [0.05, 0.1) is 18.6 Å². The molecule has 0 bridgehead atoms. The molecule has 5 rings (SSSR count). The number of aromatic nitrogens is 3. The Bertz CT molecular complexity index is 1710. The van der Waals surface area contributed by atoms with Gasteiger partial charge in [-0.25, -0.2) is 17.5 Å². The van der Waals surface area contributed by atoms with Crippen LogP contribution in [-0.4, -0.2) is 73.1 Å². The van der Waals surface area contributed by atoms with Crippen molar-refractivity contribution in [3.63, 3.8) is 0 Å². The van der Waals surface area contributed by atoms with Crippen molar-refractivity contribution in [2.75, 3.05) is 37.7 Å². The van der Waals surface area contributed by atoms with Crippen molar-refractivity contribution in [3.05, 3.63) is 102 Å². The minimum Gasteiger partial charge on any atom is -0.492 e. The molecule has 0 radical (unpaired) electrons. The van der Waals surface area contributed by atoms with E-state index in [1.807, 2.05) is 16.5 Å². The molecular formula is C30H29FN6O5S. The fourth-order valence-electron chi connectivity index (χ4n) is 4.65. The molecule has 11 nitrogen and oxygen atoms in total. The van der Waals surface area contributed by atoms with E-state index in [1.54, 1.807) is 65.7 Å². The molecule has 1 fully saturated rings. The molecule has 0 atom stereocenters. The zero-order valence-corrected chi connectivity index (χ0v) is 24.1. The summed E-state index contributed by atoms with van der Waals surface area (Å²) in [7, 11) is -3.92. The van der Waals surface area contributed by atoms with Crippen molar-refractivity contribution < 1.29 is 27.1 Å². The van der Waals surface area contributed by atoms with E-state index in [-0.39, 0.29) is 22.9 Å². The van der Waals surface area contributed by atoms with E-state index in [0.29, 0.717) is 61.0 Å². The fraction of sp³-hybridized carbons (Fsp3) is 0.233. The second-order valence-electron chi connectivity index (χ2n) is 9.77. The molecular weight excluding hydrogens is 575 g/mol. The number of carbonyl (C=O) groups is 2. The van der Waals surface area contributed by atoms with Crippen LogP contribution in [0.3, 0.4) is 0 Å². The molecule has 222 valence electrons. The number of anilines is 1. The van der Waals surface area contributed by atoms with Crippen LogP contribution in [0.5, 0.6) is 5.75 Å². The first kappa shape index (κ1) is 29.6. The van der Waals surface area contributed by atoms with Crippen molar-refractivity contribution in [1.82, 2.24) is 24.8 Å². The van der Waals surface area contributed by atoms with Gasteiger partial charge in [0, 0.05) is 49.1 Å². The normalized spacial score (nSPS) is 13.4. The van der Waals surface area contributed by atoms with E-state index < -0.39 is 21.7 Å². The Hall–Kier alpha value is -4.91. The number of carbonyl (C=O) groups excluding carboxylic acids is 2. The molecule has 1 N–H and O–H groups in total. The molecule has 1 saturated heterocycles. The van der Waals surface area contributed by atoms with Gasteiger partial charge in [-0.05, 0) is 42.8 Å². The predicted molar refractivity (Wildman–Crippen MR) is 157 cm³/mol. The monoisotopic (exact) mass is 604 g/mol. The van der Waals surface area contributed by atoms with Crippen LogP contribution in [0.15, 0.2) is 79.1 Å². The van der Waals surface area contributed by atoms with Gasteiger partial charge in [0.1, 0.15) is 11.6 Å². The first-order valence-electron chi connectivity index (χ1n) is 13.6. The van der Waals surface area contributed by atoms with Crippen LogP contribution in [0.25, 0.3) is 11.1 Å². The number of piperazine rings is 1. The molecule has 0 aliphatic carbocycles. The maximum absolute atomic E-state index is 15.0. The van der Waals surface area contributed by atoms with E-state index in [4.69, 9.17) is 4.74 Å². The van der Waals surface area contributed by atoms with Crippen LogP contribution in [0.2, 0.25) is 0 Å². The topological polar surface area (TPSA) is 135 Å². The highest BCUT2D eigenvalue weighted by atomic mass is 32.2. The van der Waals surface area contributed by atoms with Crippen LogP contribution in [0.4, 0.5) is 10.2 Å². The van der Waals surface area contributed by atoms with E-state index in [9.17, 15) is 18.0 Å². The third-order valence-corrected chi connectivity index (χ3v) is 7.98. The quantitative estimate of drug-likeness (QED) is 0.305. The Morgan fingerprint density at radius 1 is 0.953 bits per heavy atom. The Morgan fingerprint density at radius 3 is 2.40 bits per heavy atom. The number of rotatable bonds is 9. The molecule has 2 aromatic heterocycles. The van der Waals surface area contributed by atoms with Crippen molar-refractivity contribution in [2.24, 2.45) is 0 Å². The van der Waals surface area contributed by atoms with Crippen molar-refractivity contribution in [2.45, 2.75) is 12.7 Å². The van der Waals surface area contributed by atoms with E-state index in [1.165, 1.54) is 18.3 Å². The van der Waals surface area contributed by atoms with Gasteiger partial charge < -0.3 is 14.5 Å². The molecule has 1 aliphatic heterocycles. The molecule has 1 aliphatic rings. The molecule has 0 saturated carbocycles. The third kappa shape index (κ3) is 7.30. The summed E-state index contributed by atoms with van der Waals surface area (Å²) in [6, 6.07) is 17.6. The van der Waals surface area contributed by atoms with Crippen LogP contribution in [0, 0.1) is 5.82 Å². The number of hydrogen-bond acceptors (Lipinski definition) is 9. The fourth-order valence-corrected chi connectivity index (χ4v) is 5.74. The molecule has 2 amide bonds. The lowest BCUT2D eigenvalue weighted by Crippen LogP contribution is -2.49. The smallest absolute Gasteiger partial charge is 0.285 e. The predicted octanol–water partition coefficient (Wildman–Crippen LogP) is 3.30. The summed E-state index contributed by atoms with van der Waals surface area (Å²) in [5.41, 5.74) is 1.51. The lowest BCUT2D eigenvalue weighted by molar-refractivity contribution is 0.0745. The zero-order valence-electron chi connectivity index (χ0n) is 23.3. The number of pyridine rings is 1. The first-order valence-corrected chi connectivity index (χ1v) is 15.2. The highest BCUT2D eigenvalue weighted by molar-refractivity contribution is 7.89. The molecule has 4 aromatic rings. The number of ether oxygens (including phenoxy) is 1. The summed E-state index contributed by atoms with van der Waals surface area (Å²) in [6.07, 6.45) is 3.09.